The molecule has 2 unspecified atom stereocenters. The number of carbonyl (C=O) groups excluding carboxylic acids is 1. The molecule has 0 radical (unpaired) electrons. The number of carboxylic acids is 1. The van der Waals surface area contributed by atoms with E-state index in [2.05, 4.69) is 13.8 Å². The van der Waals surface area contributed by atoms with E-state index in [1.165, 1.54) is 16.7 Å². The third-order valence-electron chi connectivity index (χ3n) is 5.30. The molecule has 2 heterocycles. The second-order valence-electron chi connectivity index (χ2n) is 9.21. The monoisotopic (exact) mass is 451 g/mol. The minimum atomic E-state index is -1.39. The van der Waals surface area contributed by atoms with Gasteiger partial charge < -0.3 is 14.6 Å². The molecule has 6 nitrogen and oxygen atoms in total. The summed E-state index contributed by atoms with van der Waals surface area (Å²) in [5.41, 5.74) is -2.07. The van der Waals surface area contributed by atoms with Crippen LogP contribution in [0.5, 0.6) is 0 Å². The second-order valence-corrected chi connectivity index (χ2v) is 14.6. The van der Waals surface area contributed by atoms with E-state index in [1.807, 2.05) is 58.1 Å². The van der Waals surface area contributed by atoms with Gasteiger partial charge in [0, 0.05) is 15.7 Å². The van der Waals surface area contributed by atoms with E-state index >= 15 is 0 Å². The minimum absolute atomic E-state index is 0.181. The SMILES string of the molecule is CC(OC[C@H]1CSC(C)(C)S1)OC(=O)N1CSC(C)(C)C1(C(=O)O)C(C)(C)C. The molecular weight excluding hydrogens is 418 g/mol. The fourth-order valence-corrected chi connectivity index (χ4v) is 8.73. The van der Waals surface area contributed by atoms with E-state index in [0.29, 0.717) is 11.9 Å². The van der Waals surface area contributed by atoms with Crippen LogP contribution in [0.4, 0.5) is 4.79 Å². The van der Waals surface area contributed by atoms with Gasteiger partial charge in [-0.1, -0.05) is 20.8 Å². The van der Waals surface area contributed by atoms with Gasteiger partial charge in [-0.3, -0.25) is 4.90 Å². The predicted octanol–water partition coefficient (Wildman–Crippen LogP) is 4.72. The molecule has 0 aromatic heterocycles. The van der Waals surface area contributed by atoms with Crippen LogP contribution in [0.25, 0.3) is 0 Å². The summed E-state index contributed by atoms with van der Waals surface area (Å²) in [6.07, 6.45) is -1.38. The van der Waals surface area contributed by atoms with Gasteiger partial charge in [0.25, 0.3) is 0 Å². The third-order valence-corrected chi connectivity index (χ3v) is 10.0. The largest absolute Gasteiger partial charge is 0.479 e. The average Bonchev–Trinajstić information content (AvgIpc) is 3.00. The Hall–Kier alpha value is -0.250. The molecule has 0 saturated carbocycles. The smallest absolute Gasteiger partial charge is 0.413 e. The van der Waals surface area contributed by atoms with Crippen molar-refractivity contribution in [3.05, 3.63) is 0 Å². The molecule has 2 saturated heterocycles. The molecule has 2 aliphatic heterocycles. The number of thioether (sulfide) groups is 3. The molecule has 0 aromatic carbocycles. The van der Waals surface area contributed by atoms with Crippen molar-refractivity contribution < 1.29 is 24.2 Å². The van der Waals surface area contributed by atoms with Crippen LogP contribution < -0.4 is 0 Å². The van der Waals surface area contributed by atoms with Gasteiger partial charge in [-0.2, -0.15) is 0 Å². The first-order chi connectivity index (χ1) is 12.6. The van der Waals surface area contributed by atoms with Crippen LogP contribution in [0.3, 0.4) is 0 Å². The van der Waals surface area contributed by atoms with E-state index in [4.69, 9.17) is 9.47 Å². The highest BCUT2D eigenvalue weighted by Gasteiger charge is 2.68. The van der Waals surface area contributed by atoms with Gasteiger partial charge >= 0.3 is 12.1 Å². The highest BCUT2D eigenvalue weighted by Crippen LogP contribution is 2.56. The van der Waals surface area contributed by atoms with Crippen molar-refractivity contribution in [3.63, 3.8) is 0 Å². The average molecular weight is 452 g/mol. The maximum atomic E-state index is 12.9. The maximum Gasteiger partial charge on any atom is 0.413 e. The Morgan fingerprint density at radius 3 is 2.29 bits per heavy atom. The van der Waals surface area contributed by atoms with Crippen LogP contribution in [-0.2, 0) is 14.3 Å². The zero-order chi connectivity index (χ0) is 21.5. The van der Waals surface area contributed by atoms with Crippen LogP contribution in [-0.4, -0.2) is 66.2 Å². The topological polar surface area (TPSA) is 76.1 Å². The molecule has 3 atom stereocenters. The first-order valence-corrected chi connectivity index (χ1v) is 12.3. The van der Waals surface area contributed by atoms with Crippen molar-refractivity contribution in [2.24, 2.45) is 5.41 Å². The van der Waals surface area contributed by atoms with Gasteiger partial charge in [0.15, 0.2) is 5.54 Å². The summed E-state index contributed by atoms with van der Waals surface area (Å²) in [6, 6.07) is 0. The van der Waals surface area contributed by atoms with Crippen LogP contribution in [0.1, 0.15) is 55.4 Å². The predicted molar refractivity (Wildman–Crippen MR) is 118 cm³/mol. The molecule has 0 aromatic rings. The number of carboxylic acid groups (broad SMARTS) is 1. The van der Waals surface area contributed by atoms with Crippen molar-refractivity contribution in [3.8, 4) is 0 Å². The summed E-state index contributed by atoms with van der Waals surface area (Å²) in [5.74, 6) is 0.259. The zero-order valence-electron chi connectivity index (χ0n) is 18.0. The molecule has 28 heavy (non-hydrogen) atoms. The molecule has 2 fully saturated rings. The molecule has 2 rings (SSSR count). The standard InChI is InChI=1S/C19H33NO5S3/c1-12(24-9-13-10-26-18(7,8)28-13)25-15(23)20-11-27-17(5,6)19(20,14(21)22)16(2,3)4/h12-13H,9-11H2,1-8H3,(H,21,22)/t12?,13-,19?/m0/s1. The van der Waals surface area contributed by atoms with Crippen molar-refractivity contribution >= 4 is 47.3 Å². The number of ether oxygens (including phenoxy) is 2. The Morgan fingerprint density at radius 2 is 1.82 bits per heavy atom. The van der Waals surface area contributed by atoms with Crippen molar-refractivity contribution in [2.45, 2.75) is 81.3 Å². The summed E-state index contributed by atoms with van der Waals surface area (Å²) in [6.45, 7) is 15.9. The molecule has 0 bridgehead atoms. The Kier molecular flexibility index (Phi) is 6.96. The van der Waals surface area contributed by atoms with Gasteiger partial charge in [-0.15, -0.1) is 35.3 Å². The summed E-state index contributed by atoms with van der Waals surface area (Å²) in [5, 5.41) is 10.5. The summed E-state index contributed by atoms with van der Waals surface area (Å²) < 4.78 is 10.8. The summed E-state index contributed by atoms with van der Waals surface area (Å²) in [7, 11) is 0. The lowest BCUT2D eigenvalue weighted by molar-refractivity contribution is -0.162. The van der Waals surface area contributed by atoms with Crippen LogP contribution in [0.2, 0.25) is 0 Å². The minimum Gasteiger partial charge on any atom is -0.479 e. The molecular formula is C19H33NO5S3. The molecule has 2 aliphatic rings. The van der Waals surface area contributed by atoms with Crippen LogP contribution in [0.15, 0.2) is 0 Å². The molecule has 0 spiro atoms. The number of amides is 1. The van der Waals surface area contributed by atoms with Crippen LogP contribution in [0, 0.1) is 5.41 Å². The highest BCUT2D eigenvalue weighted by atomic mass is 32.2. The van der Waals surface area contributed by atoms with Gasteiger partial charge in [0.05, 0.1) is 16.6 Å². The second kappa shape index (κ2) is 8.12. The molecule has 1 N–H and O–H groups in total. The van der Waals surface area contributed by atoms with Gasteiger partial charge in [-0.05, 0) is 40.0 Å². The molecule has 1 amide bonds. The fourth-order valence-electron chi connectivity index (χ4n) is 4.27. The molecule has 0 aliphatic carbocycles. The quantitative estimate of drug-likeness (QED) is 0.602. The first-order valence-electron chi connectivity index (χ1n) is 9.43. The molecule has 162 valence electrons. The van der Waals surface area contributed by atoms with Crippen molar-refractivity contribution in [2.75, 3.05) is 18.2 Å². The Balaban J connectivity index is 2.07. The van der Waals surface area contributed by atoms with Gasteiger partial charge in [0.2, 0.25) is 6.29 Å². The summed E-state index contributed by atoms with van der Waals surface area (Å²) >= 11 is 5.22. The highest BCUT2D eigenvalue weighted by molar-refractivity contribution is 8.21. The zero-order valence-corrected chi connectivity index (χ0v) is 20.5. The lowest BCUT2D eigenvalue weighted by Crippen LogP contribution is -2.69. The number of hydrogen-bond donors (Lipinski definition) is 1. The Bertz CT molecular complexity index is 619. The van der Waals surface area contributed by atoms with Crippen molar-refractivity contribution in [1.29, 1.82) is 0 Å². The molecule has 9 heteroatoms. The van der Waals surface area contributed by atoms with Gasteiger partial charge in [0.1, 0.15) is 0 Å². The van der Waals surface area contributed by atoms with E-state index < -0.39 is 34.1 Å². The lowest BCUT2D eigenvalue weighted by Gasteiger charge is -2.49. The normalized spacial score (nSPS) is 30.3. The Morgan fingerprint density at radius 1 is 1.21 bits per heavy atom. The number of carbonyl (C=O) groups is 2. The fraction of sp³-hybridized carbons (Fsp3) is 0.895. The van der Waals surface area contributed by atoms with E-state index in [-0.39, 0.29) is 9.96 Å². The number of nitrogens with zero attached hydrogens (tertiary/aromatic N) is 1. The maximum absolute atomic E-state index is 12.9. The number of aliphatic carboxylic acids is 1. The van der Waals surface area contributed by atoms with E-state index in [0.717, 1.165) is 5.75 Å². The van der Waals surface area contributed by atoms with E-state index in [1.54, 1.807) is 6.92 Å². The van der Waals surface area contributed by atoms with Crippen LogP contribution >= 0.6 is 35.3 Å². The van der Waals surface area contributed by atoms with Gasteiger partial charge in [-0.25, -0.2) is 9.59 Å². The third kappa shape index (κ3) is 4.42. The Labute approximate surface area is 181 Å². The summed E-state index contributed by atoms with van der Waals surface area (Å²) in [4.78, 5) is 26.8. The number of hydrogen-bond acceptors (Lipinski definition) is 7. The van der Waals surface area contributed by atoms with E-state index in [9.17, 15) is 14.7 Å². The first kappa shape index (κ1) is 24.0. The number of rotatable bonds is 5. The lowest BCUT2D eigenvalue weighted by atomic mass is 9.65. The van der Waals surface area contributed by atoms with Crippen molar-refractivity contribution in [1.82, 2.24) is 4.90 Å².